The fraction of sp³-hybridized carbons (Fsp3) is 0.308. The maximum atomic E-state index is 5.47. The summed E-state index contributed by atoms with van der Waals surface area (Å²) >= 11 is 1.73. The lowest BCUT2D eigenvalue weighted by Gasteiger charge is -2.28. The first-order valence-electron chi connectivity index (χ1n) is 6.66. The maximum Gasteiger partial charge on any atom is 0.241 e. The molecule has 110 valence electrons. The molecule has 0 saturated heterocycles. The van der Waals surface area contributed by atoms with Crippen molar-refractivity contribution in [2.75, 3.05) is 10.3 Å². The van der Waals surface area contributed by atoms with Crippen LogP contribution in [0.4, 0.5) is 11.8 Å². The van der Waals surface area contributed by atoms with Gasteiger partial charge in [0.15, 0.2) is 5.65 Å². The van der Waals surface area contributed by atoms with E-state index in [1.807, 2.05) is 0 Å². The monoisotopic (exact) mass is 303 g/mol. The number of fused-ring (bicyclic) bond motifs is 1. The molecule has 0 aliphatic heterocycles. The summed E-state index contributed by atoms with van der Waals surface area (Å²) in [6.07, 6.45) is 1.74. The van der Waals surface area contributed by atoms with Crippen molar-refractivity contribution >= 4 is 34.1 Å². The van der Waals surface area contributed by atoms with E-state index in [0.717, 1.165) is 17.7 Å². The van der Waals surface area contributed by atoms with Crippen LogP contribution in [0.3, 0.4) is 0 Å². The number of H-pyrrole nitrogens is 1. The average molecular weight is 303 g/mol. The quantitative estimate of drug-likeness (QED) is 0.493. The van der Waals surface area contributed by atoms with E-state index < -0.39 is 0 Å². The Bertz CT molecular complexity index is 719. The molecule has 0 bridgehead atoms. The van der Waals surface area contributed by atoms with Crippen molar-refractivity contribution in [2.24, 2.45) is 5.84 Å². The summed E-state index contributed by atoms with van der Waals surface area (Å²) in [5.41, 5.74) is 3.18. The summed E-state index contributed by atoms with van der Waals surface area (Å²) in [6, 6.07) is 4.46. The number of hydrogen-bond acceptors (Lipinski definition) is 7. The number of nitrogen functional groups attached to an aromatic ring is 1. The molecular formula is C13H17N7S. The number of thiophene rings is 1. The summed E-state index contributed by atoms with van der Waals surface area (Å²) in [7, 11) is 0. The van der Waals surface area contributed by atoms with Gasteiger partial charge in [-0.3, -0.25) is 10.5 Å². The van der Waals surface area contributed by atoms with Crippen molar-refractivity contribution in [1.29, 1.82) is 0 Å². The molecule has 0 aromatic carbocycles. The Kier molecular flexibility index (Phi) is 3.72. The third-order valence-corrected chi connectivity index (χ3v) is 4.08. The van der Waals surface area contributed by atoms with Gasteiger partial charge in [0.05, 0.1) is 18.1 Å². The van der Waals surface area contributed by atoms with Gasteiger partial charge in [-0.15, -0.1) is 11.3 Å². The highest BCUT2D eigenvalue weighted by Gasteiger charge is 2.19. The topological polar surface area (TPSA) is 95.8 Å². The fourth-order valence-corrected chi connectivity index (χ4v) is 2.88. The van der Waals surface area contributed by atoms with Gasteiger partial charge in [-0.05, 0) is 25.3 Å². The number of nitrogens with one attached hydrogen (secondary N) is 2. The molecule has 3 aromatic rings. The second-order valence-electron chi connectivity index (χ2n) is 4.95. The molecule has 0 aliphatic rings. The van der Waals surface area contributed by atoms with E-state index in [9.17, 15) is 0 Å². The molecule has 0 aliphatic carbocycles. The van der Waals surface area contributed by atoms with Gasteiger partial charge in [0.1, 0.15) is 5.82 Å². The van der Waals surface area contributed by atoms with E-state index in [1.165, 1.54) is 4.88 Å². The number of rotatable bonds is 5. The first-order chi connectivity index (χ1) is 10.2. The van der Waals surface area contributed by atoms with Crippen LogP contribution in [-0.4, -0.2) is 26.2 Å². The summed E-state index contributed by atoms with van der Waals surface area (Å²) < 4.78 is 0. The lowest BCUT2D eigenvalue weighted by molar-refractivity contribution is 0.679. The van der Waals surface area contributed by atoms with Crippen LogP contribution < -0.4 is 16.2 Å². The lowest BCUT2D eigenvalue weighted by atomic mass is 10.2. The van der Waals surface area contributed by atoms with Gasteiger partial charge >= 0.3 is 0 Å². The summed E-state index contributed by atoms with van der Waals surface area (Å²) in [4.78, 5) is 12.3. The number of aromatic amines is 1. The van der Waals surface area contributed by atoms with Gasteiger partial charge in [-0.1, -0.05) is 6.07 Å². The predicted octanol–water partition coefficient (Wildman–Crippen LogP) is 2.11. The maximum absolute atomic E-state index is 5.47. The second kappa shape index (κ2) is 5.66. The molecule has 3 aromatic heterocycles. The van der Waals surface area contributed by atoms with Gasteiger partial charge < -0.3 is 4.90 Å². The van der Waals surface area contributed by atoms with E-state index in [1.54, 1.807) is 17.5 Å². The van der Waals surface area contributed by atoms with Gasteiger partial charge in [0.25, 0.3) is 0 Å². The highest BCUT2D eigenvalue weighted by Crippen LogP contribution is 2.27. The molecule has 0 unspecified atom stereocenters. The van der Waals surface area contributed by atoms with Gasteiger partial charge in [0, 0.05) is 10.9 Å². The van der Waals surface area contributed by atoms with Crippen LogP contribution in [0.2, 0.25) is 0 Å². The van der Waals surface area contributed by atoms with Crippen molar-refractivity contribution in [3.8, 4) is 0 Å². The van der Waals surface area contributed by atoms with Crippen molar-refractivity contribution in [3.63, 3.8) is 0 Å². The van der Waals surface area contributed by atoms with Crippen LogP contribution in [0.25, 0.3) is 11.0 Å². The number of nitrogens with two attached hydrogens (primary N) is 1. The van der Waals surface area contributed by atoms with Crippen LogP contribution in [0, 0.1) is 0 Å². The number of anilines is 2. The standard InChI is InChI=1S/C13H17N7S/c1-8(2)20(7-9-4-3-5-21-9)12-10-6-15-19-11(10)16-13(17-12)18-14/h3-6,8H,7,14H2,1-2H3,(H2,15,16,17,18,19). The Morgan fingerprint density at radius 2 is 2.29 bits per heavy atom. The molecule has 0 amide bonds. The van der Waals surface area contributed by atoms with E-state index >= 15 is 0 Å². The predicted molar refractivity (Wildman–Crippen MR) is 85.1 cm³/mol. The molecule has 3 rings (SSSR count). The Morgan fingerprint density at radius 1 is 1.43 bits per heavy atom. The Morgan fingerprint density at radius 3 is 2.95 bits per heavy atom. The van der Waals surface area contributed by atoms with Crippen LogP contribution in [-0.2, 0) is 6.54 Å². The van der Waals surface area contributed by atoms with Crippen LogP contribution in [0.1, 0.15) is 18.7 Å². The zero-order valence-corrected chi connectivity index (χ0v) is 12.7. The number of aromatic nitrogens is 4. The summed E-state index contributed by atoms with van der Waals surface area (Å²) in [5, 5.41) is 9.89. The smallest absolute Gasteiger partial charge is 0.241 e. The van der Waals surface area contributed by atoms with Crippen molar-refractivity contribution in [3.05, 3.63) is 28.6 Å². The normalized spacial score (nSPS) is 11.2. The zero-order chi connectivity index (χ0) is 14.8. The highest BCUT2D eigenvalue weighted by molar-refractivity contribution is 7.09. The zero-order valence-electron chi connectivity index (χ0n) is 11.9. The highest BCUT2D eigenvalue weighted by atomic mass is 32.1. The molecule has 0 fully saturated rings. The number of hydrazine groups is 1. The molecule has 7 nitrogen and oxygen atoms in total. The third kappa shape index (κ3) is 2.67. The van der Waals surface area contributed by atoms with Crippen LogP contribution in [0.5, 0.6) is 0 Å². The minimum absolute atomic E-state index is 0.283. The molecular weight excluding hydrogens is 286 g/mol. The molecule has 3 heterocycles. The molecule has 8 heteroatoms. The fourth-order valence-electron chi connectivity index (χ4n) is 2.18. The third-order valence-electron chi connectivity index (χ3n) is 3.22. The minimum atomic E-state index is 0.283. The summed E-state index contributed by atoms with van der Waals surface area (Å²) in [6.45, 7) is 5.06. The van der Waals surface area contributed by atoms with Crippen LogP contribution >= 0.6 is 11.3 Å². The first-order valence-corrected chi connectivity index (χ1v) is 7.53. The van der Waals surface area contributed by atoms with Crippen molar-refractivity contribution < 1.29 is 0 Å². The molecule has 0 atom stereocenters. The van der Waals surface area contributed by atoms with Crippen molar-refractivity contribution in [2.45, 2.75) is 26.4 Å². The molecule has 0 radical (unpaired) electrons. The largest absolute Gasteiger partial charge is 0.348 e. The van der Waals surface area contributed by atoms with E-state index in [4.69, 9.17) is 5.84 Å². The first kappa shape index (κ1) is 13.8. The van der Waals surface area contributed by atoms with E-state index in [-0.39, 0.29) is 6.04 Å². The molecule has 21 heavy (non-hydrogen) atoms. The van der Waals surface area contributed by atoms with E-state index in [0.29, 0.717) is 11.6 Å². The number of nitrogens with zero attached hydrogens (tertiary/aromatic N) is 4. The molecule has 0 saturated carbocycles. The van der Waals surface area contributed by atoms with Gasteiger partial charge in [0.2, 0.25) is 5.95 Å². The van der Waals surface area contributed by atoms with E-state index in [2.05, 4.69) is 61.9 Å². The average Bonchev–Trinajstić information content (AvgIpc) is 3.14. The Hall–Kier alpha value is -2.19. The SMILES string of the molecule is CC(C)N(Cc1cccs1)c1nc(NN)nc2[nH]ncc12. The van der Waals surface area contributed by atoms with Crippen molar-refractivity contribution in [1.82, 2.24) is 20.2 Å². The lowest BCUT2D eigenvalue weighted by Crippen LogP contribution is -2.31. The molecule has 0 spiro atoms. The van der Waals surface area contributed by atoms with Gasteiger partial charge in [-0.25, -0.2) is 5.84 Å². The van der Waals surface area contributed by atoms with Crippen LogP contribution in [0.15, 0.2) is 23.7 Å². The number of hydrogen-bond donors (Lipinski definition) is 3. The van der Waals surface area contributed by atoms with Gasteiger partial charge in [-0.2, -0.15) is 15.1 Å². The molecule has 4 N–H and O–H groups in total. The summed E-state index contributed by atoms with van der Waals surface area (Å²) in [5.74, 6) is 6.66. The minimum Gasteiger partial charge on any atom is -0.348 e. The Balaban J connectivity index is 2.07. The second-order valence-corrected chi connectivity index (χ2v) is 5.98. The Labute approximate surface area is 126 Å².